The van der Waals surface area contributed by atoms with Gasteiger partial charge in [-0.2, -0.15) is 5.10 Å². The maximum absolute atomic E-state index is 13.4. The highest BCUT2D eigenvalue weighted by molar-refractivity contribution is 7.80. The summed E-state index contributed by atoms with van der Waals surface area (Å²) in [6, 6.07) is 13.0. The van der Waals surface area contributed by atoms with Gasteiger partial charge in [-0.1, -0.05) is 31.2 Å². The fourth-order valence-corrected chi connectivity index (χ4v) is 4.27. The molecule has 0 atom stereocenters. The van der Waals surface area contributed by atoms with Gasteiger partial charge in [0.15, 0.2) is 5.11 Å². The number of thiocarbonyl (C=S) groups is 1. The highest BCUT2D eigenvalue weighted by Crippen LogP contribution is 2.30. The number of anilines is 1. The third kappa shape index (κ3) is 4.97. The van der Waals surface area contributed by atoms with Crippen molar-refractivity contribution in [1.82, 2.24) is 15.1 Å². The Labute approximate surface area is 210 Å². The number of nitrogens with one attached hydrogen (secondary N) is 1. The Morgan fingerprint density at radius 2 is 1.83 bits per heavy atom. The molecule has 0 radical (unpaired) electrons. The standard InChI is InChI=1S/C25H22F4N4O2S/c1-3-15-6-4-5-7-19(15)33-24(34)18(30-25(33)36)11-14-8-9-21(35-2)16(10-14)13-32-20(23(28)29)12-17(31-32)22(26)27/h4-12,22-23H,3,13H2,1-2H3,(H,30,36)/b18-11+. The zero-order valence-corrected chi connectivity index (χ0v) is 20.2. The number of para-hydroxylation sites is 1. The van der Waals surface area contributed by atoms with Crippen LogP contribution in [0.25, 0.3) is 6.08 Å². The second-order valence-electron chi connectivity index (χ2n) is 7.94. The topological polar surface area (TPSA) is 59.4 Å². The number of benzene rings is 2. The number of methoxy groups -OCH3 is 1. The summed E-state index contributed by atoms with van der Waals surface area (Å²) in [6.07, 6.45) is -3.68. The quantitative estimate of drug-likeness (QED) is 0.238. The minimum Gasteiger partial charge on any atom is -0.496 e. The van der Waals surface area contributed by atoms with E-state index in [-0.39, 0.29) is 23.3 Å². The van der Waals surface area contributed by atoms with Crippen LogP contribution < -0.4 is 15.0 Å². The molecule has 11 heteroatoms. The lowest BCUT2D eigenvalue weighted by molar-refractivity contribution is -0.113. The maximum atomic E-state index is 13.4. The summed E-state index contributed by atoms with van der Waals surface area (Å²) >= 11 is 5.40. The van der Waals surface area contributed by atoms with Crippen LogP contribution >= 0.6 is 12.2 Å². The average Bonchev–Trinajstić information content (AvgIpc) is 3.40. The predicted octanol–water partition coefficient (Wildman–Crippen LogP) is 5.64. The molecule has 0 aliphatic carbocycles. The van der Waals surface area contributed by atoms with Crippen LogP contribution in [0.1, 0.15) is 47.9 Å². The van der Waals surface area contributed by atoms with Crippen molar-refractivity contribution >= 4 is 35.0 Å². The number of hydrogen-bond donors (Lipinski definition) is 1. The average molecular weight is 519 g/mol. The van der Waals surface area contributed by atoms with E-state index >= 15 is 0 Å². The Balaban J connectivity index is 1.67. The van der Waals surface area contributed by atoms with Crippen molar-refractivity contribution in [1.29, 1.82) is 0 Å². The molecule has 1 N–H and O–H groups in total. The summed E-state index contributed by atoms with van der Waals surface area (Å²) in [5.41, 5.74) is 1.49. The largest absolute Gasteiger partial charge is 0.496 e. The number of aromatic nitrogens is 2. The summed E-state index contributed by atoms with van der Waals surface area (Å²) in [7, 11) is 1.40. The van der Waals surface area contributed by atoms with Crippen molar-refractivity contribution < 1.29 is 27.1 Å². The molecule has 6 nitrogen and oxygen atoms in total. The molecule has 3 aromatic rings. The second-order valence-corrected chi connectivity index (χ2v) is 8.32. The SMILES string of the molecule is CCc1ccccc1N1C(=O)/C(=C\c2ccc(OC)c(Cn3nc(C(F)F)cc3C(F)F)c2)NC1=S. The van der Waals surface area contributed by atoms with E-state index < -0.39 is 24.2 Å². The molecule has 0 spiro atoms. The third-order valence-corrected chi connectivity index (χ3v) is 5.99. The number of nitrogens with zero attached hydrogens (tertiary/aromatic N) is 3. The lowest BCUT2D eigenvalue weighted by Crippen LogP contribution is -2.31. The molecule has 2 heterocycles. The van der Waals surface area contributed by atoms with E-state index in [1.807, 2.05) is 31.2 Å². The van der Waals surface area contributed by atoms with Gasteiger partial charge in [0.25, 0.3) is 18.8 Å². The number of amides is 1. The Morgan fingerprint density at radius 1 is 1.08 bits per heavy atom. The van der Waals surface area contributed by atoms with E-state index in [9.17, 15) is 22.4 Å². The van der Waals surface area contributed by atoms with Gasteiger partial charge in [-0.05, 0) is 60.1 Å². The van der Waals surface area contributed by atoms with Gasteiger partial charge < -0.3 is 10.1 Å². The molecule has 0 bridgehead atoms. The number of hydrogen-bond acceptors (Lipinski definition) is 4. The monoisotopic (exact) mass is 518 g/mol. The molecule has 36 heavy (non-hydrogen) atoms. The van der Waals surface area contributed by atoms with Crippen LogP contribution in [0.15, 0.2) is 54.2 Å². The summed E-state index contributed by atoms with van der Waals surface area (Å²) in [5, 5.41) is 6.80. The molecule has 1 aromatic heterocycles. The van der Waals surface area contributed by atoms with Gasteiger partial charge in [0.05, 0.1) is 19.3 Å². The number of aryl methyl sites for hydroxylation is 1. The lowest BCUT2D eigenvalue weighted by atomic mass is 10.1. The van der Waals surface area contributed by atoms with Gasteiger partial charge in [0, 0.05) is 5.56 Å². The van der Waals surface area contributed by atoms with Crippen LogP contribution in [0, 0.1) is 0 Å². The van der Waals surface area contributed by atoms with Crippen molar-refractivity contribution in [3.63, 3.8) is 0 Å². The summed E-state index contributed by atoms with van der Waals surface area (Å²) in [4.78, 5) is 14.6. The van der Waals surface area contributed by atoms with Gasteiger partial charge >= 0.3 is 0 Å². The minimum absolute atomic E-state index is 0.231. The number of carbonyl (C=O) groups excluding carboxylic acids is 1. The van der Waals surface area contributed by atoms with Gasteiger partial charge in [0.1, 0.15) is 22.8 Å². The van der Waals surface area contributed by atoms with Gasteiger partial charge in [-0.3, -0.25) is 14.4 Å². The number of halogens is 4. The zero-order valence-electron chi connectivity index (χ0n) is 19.3. The van der Waals surface area contributed by atoms with Gasteiger partial charge in [-0.15, -0.1) is 0 Å². The van der Waals surface area contributed by atoms with E-state index in [1.165, 1.54) is 12.0 Å². The first-order valence-electron chi connectivity index (χ1n) is 11.0. The van der Waals surface area contributed by atoms with Gasteiger partial charge in [-0.25, -0.2) is 17.6 Å². The summed E-state index contributed by atoms with van der Waals surface area (Å²) in [6.45, 7) is 1.75. The smallest absolute Gasteiger partial charge is 0.282 e. The highest BCUT2D eigenvalue weighted by Gasteiger charge is 2.33. The predicted molar refractivity (Wildman–Crippen MR) is 131 cm³/mol. The van der Waals surface area contributed by atoms with Crippen LogP contribution in [0.4, 0.5) is 23.2 Å². The number of carbonyl (C=O) groups is 1. The van der Waals surface area contributed by atoms with Crippen molar-refractivity contribution in [2.45, 2.75) is 32.7 Å². The molecular formula is C25H22F4N4O2S. The molecular weight excluding hydrogens is 496 g/mol. The van der Waals surface area contributed by atoms with E-state index in [0.717, 1.165) is 10.2 Å². The lowest BCUT2D eigenvalue weighted by Gasteiger charge is -2.17. The minimum atomic E-state index is -2.99. The maximum Gasteiger partial charge on any atom is 0.282 e. The molecule has 1 aliphatic rings. The second kappa shape index (κ2) is 10.5. The molecule has 0 saturated carbocycles. The number of rotatable bonds is 8. The van der Waals surface area contributed by atoms with Crippen LogP contribution in [0.2, 0.25) is 0 Å². The summed E-state index contributed by atoms with van der Waals surface area (Å²) in [5.74, 6) is 0.0121. The van der Waals surface area contributed by atoms with E-state index in [0.29, 0.717) is 35.1 Å². The van der Waals surface area contributed by atoms with Crippen molar-refractivity contribution in [3.05, 3.63) is 82.3 Å². The number of ether oxygens (including phenoxy) is 1. The Bertz CT molecular complexity index is 1340. The Morgan fingerprint density at radius 3 is 2.50 bits per heavy atom. The Kier molecular flexibility index (Phi) is 7.39. The van der Waals surface area contributed by atoms with Crippen molar-refractivity contribution in [3.8, 4) is 5.75 Å². The van der Waals surface area contributed by atoms with Crippen LogP contribution in [0.3, 0.4) is 0 Å². The molecule has 1 aliphatic heterocycles. The molecule has 1 fully saturated rings. The van der Waals surface area contributed by atoms with Crippen LogP contribution in [0.5, 0.6) is 5.75 Å². The number of alkyl halides is 4. The van der Waals surface area contributed by atoms with Gasteiger partial charge in [0.2, 0.25) is 0 Å². The van der Waals surface area contributed by atoms with Crippen LogP contribution in [-0.2, 0) is 17.8 Å². The molecule has 2 aromatic carbocycles. The molecule has 0 unspecified atom stereocenters. The first kappa shape index (κ1) is 25.4. The normalized spacial score (nSPS) is 14.9. The Hall–Kier alpha value is -3.73. The molecule has 1 saturated heterocycles. The fraction of sp³-hybridized carbons (Fsp3) is 0.240. The summed E-state index contributed by atoms with van der Waals surface area (Å²) < 4.78 is 59.2. The molecule has 4 rings (SSSR count). The van der Waals surface area contributed by atoms with E-state index in [2.05, 4.69) is 10.4 Å². The zero-order chi connectivity index (χ0) is 26.0. The van der Waals surface area contributed by atoms with Crippen LogP contribution in [-0.4, -0.2) is 27.9 Å². The van der Waals surface area contributed by atoms with E-state index in [4.69, 9.17) is 17.0 Å². The molecule has 1 amide bonds. The van der Waals surface area contributed by atoms with Crippen molar-refractivity contribution in [2.75, 3.05) is 12.0 Å². The van der Waals surface area contributed by atoms with E-state index in [1.54, 1.807) is 24.3 Å². The molecule has 188 valence electrons. The third-order valence-electron chi connectivity index (χ3n) is 5.70. The highest BCUT2D eigenvalue weighted by atomic mass is 32.1. The fourth-order valence-electron chi connectivity index (χ4n) is 3.98. The first-order valence-corrected chi connectivity index (χ1v) is 11.4. The first-order chi connectivity index (χ1) is 17.2. The van der Waals surface area contributed by atoms with Crippen molar-refractivity contribution in [2.24, 2.45) is 0 Å².